The lowest BCUT2D eigenvalue weighted by atomic mass is 10.3. The molecule has 0 spiro atoms. The molecule has 14 heteroatoms. The summed E-state index contributed by atoms with van der Waals surface area (Å²) in [6.07, 6.45) is -6.81. The van der Waals surface area contributed by atoms with E-state index in [1.54, 1.807) is 0 Å². The van der Waals surface area contributed by atoms with Crippen molar-refractivity contribution in [3.63, 3.8) is 0 Å². The highest BCUT2D eigenvalue weighted by Crippen LogP contribution is 2.35. The Labute approximate surface area is 162 Å². The summed E-state index contributed by atoms with van der Waals surface area (Å²) < 4.78 is 80.8. The molecule has 0 saturated heterocycles. The summed E-state index contributed by atoms with van der Waals surface area (Å²) in [4.78, 5) is 11.9. The lowest BCUT2D eigenvalue weighted by molar-refractivity contribution is -0.182. The lowest BCUT2D eigenvalue weighted by Crippen LogP contribution is -2.18. The van der Waals surface area contributed by atoms with E-state index >= 15 is 0 Å². The molecule has 1 amide bonds. The average Bonchev–Trinajstić information content (AvgIpc) is 3.10. The third-order valence-corrected chi connectivity index (χ3v) is 4.31. The standard InChI is InChI=1S/C14H14BrF6N5O2/c1-8-11(15)12(14(19,20)21)24-26(8)3-2-10(27)23-9-4-22-25(5-9)7-28-6-13(16,17)18/h4-5H,2-3,6-7H2,1H3,(H,23,27). The first-order chi connectivity index (χ1) is 12.9. The number of rotatable bonds is 7. The van der Waals surface area contributed by atoms with E-state index in [2.05, 4.69) is 36.2 Å². The average molecular weight is 478 g/mol. The number of amides is 1. The summed E-state index contributed by atoms with van der Waals surface area (Å²) >= 11 is 2.84. The number of nitrogens with one attached hydrogen (secondary N) is 1. The second-order valence-corrected chi connectivity index (χ2v) is 6.42. The Hall–Kier alpha value is -2.09. The Morgan fingerprint density at radius 1 is 1.29 bits per heavy atom. The van der Waals surface area contributed by atoms with Crippen LogP contribution >= 0.6 is 15.9 Å². The van der Waals surface area contributed by atoms with Crippen LogP contribution in [0.15, 0.2) is 16.9 Å². The van der Waals surface area contributed by atoms with E-state index in [9.17, 15) is 31.1 Å². The van der Waals surface area contributed by atoms with Gasteiger partial charge in [-0.25, -0.2) is 4.68 Å². The second-order valence-electron chi connectivity index (χ2n) is 5.63. The molecule has 2 aromatic rings. The summed E-state index contributed by atoms with van der Waals surface area (Å²) in [5.41, 5.74) is -0.657. The van der Waals surface area contributed by atoms with Gasteiger partial charge in [0.1, 0.15) is 13.3 Å². The zero-order valence-electron chi connectivity index (χ0n) is 14.2. The Morgan fingerprint density at radius 2 is 1.96 bits per heavy atom. The first-order valence-corrected chi connectivity index (χ1v) is 8.43. The van der Waals surface area contributed by atoms with Crippen molar-refractivity contribution < 1.29 is 35.9 Å². The van der Waals surface area contributed by atoms with Crippen molar-refractivity contribution in [1.82, 2.24) is 19.6 Å². The number of alkyl halides is 6. The highest BCUT2D eigenvalue weighted by molar-refractivity contribution is 9.10. The SMILES string of the molecule is Cc1c(Br)c(C(F)(F)F)nn1CCC(=O)Nc1cnn(COCC(F)(F)F)c1. The van der Waals surface area contributed by atoms with Crippen molar-refractivity contribution >= 4 is 27.5 Å². The number of nitrogens with zero attached hydrogens (tertiary/aromatic N) is 4. The molecular weight excluding hydrogens is 464 g/mol. The lowest BCUT2D eigenvalue weighted by Gasteiger charge is -2.07. The Bertz CT molecular complexity index is 829. The molecule has 2 rings (SSSR count). The van der Waals surface area contributed by atoms with Gasteiger partial charge in [0.15, 0.2) is 5.69 Å². The van der Waals surface area contributed by atoms with Crippen LogP contribution in [-0.2, 0) is 29.0 Å². The van der Waals surface area contributed by atoms with Crippen LogP contribution < -0.4 is 5.32 Å². The maximum atomic E-state index is 12.8. The predicted octanol–water partition coefficient (Wildman–Crippen LogP) is 3.73. The number of hydrogen-bond donors (Lipinski definition) is 1. The predicted molar refractivity (Wildman–Crippen MR) is 87.1 cm³/mol. The van der Waals surface area contributed by atoms with Crippen LogP contribution in [0.1, 0.15) is 17.8 Å². The van der Waals surface area contributed by atoms with Crippen LogP contribution in [0.5, 0.6) is 0 Å². The second kappa shape index (κ2) is 8.51. The van der Waals surface area contributed by atoms with Crippen molar-refractivity contribution in [2.24, 2.45) is 0 Å². The molecule has 0 saturated carbocycles. The molecule has 156 valence electrons. The zero-order chi connectivity index (χ0) is 21.1. The van der Waals surface area contributed by atoms with E-state index in [1.165, 1.54) is 19.3 Å². The Balaban J connectivity index is 1.87. The van der Waals surface area contributed by atoms with Crippen molar-refractivity contribution in [3.05, 3.63) is 28.3 Å². The molecule has 0 unspecified atom stereocenters. The number of aromatic nitrogens is 4. The fourth-order valence-corrected chi connectivity index (χ4v) is 2.62. The van der Waals surface area contributed by atoms with Crippen LogP contribution in [0.3, 0.4) is 0 Å². The van der Waals surface area contributed by atoms with Gasteiger partial charge in [-0.05, 0) is 22.9 Å². The molecule has 2 heterocycles. The van der Waals surface area contributed by atoms with Crippen LogP contribution in [0.25, 0.3) is 0 Å². The maximum absolute atomic E-state index is 12.8. The number of carbonyl (C=O) groups excluding carboxylic acids is 1. The number of hydrogen-bond acceptors (Lipinski definition) is 4. The monoisotopic (exact) mass is 477 g/mol. The molecular formula is C14H14BrF6N5O2. The van der Waals surface area contributed by atoms with Crippen LogP contribution in [0.4, 0.5) is 32.0 Å². The van der Waals surface area contributed by atoms with E-state index in [0.29, 0.717) is 0 Å². The minimum atomic E-state index is -4.63. The highest BCUT2D eigenvalue weighted by atomic mass is 79.9. The summed E-state index contributed by atoms with van der Waals surface area (Å²) in [5, 5.41) is 9.62. The molecule has 0 aliphatic carbocycles. The molecule has 0 aliphatic heterocycles. The van der Waals surface area contributed by atoms with Gasteiger partial charge in [0.05, 0.1) is 34.8 Å². The van der Waals surface area contributed by atoms with Crippen molar-refractivity contribution in [2.75, 3.05) is 11.9 Å². The maximum Gasteiger partial charge on any atom is 0.436 e. The number of carbonyl (C=O) groups is 1. The molecule has 28 heavy (non-hydrogen) atoms. The minimum Gasteiger partial charge on any atom is -0.350 e. The van der Waals surface area contributed by atoms with E-state index < -0.39 is 37.3 Å². The van der Waals surface area contributed by atoms with Gasteiger partial charge < -0.3 is 10.1 Å². The zero-order valence-corrected chi connectivity index (χ0v) is 15.8. The van der Waals surface area contributed by atoms with Gasteiger partial charge in [-0.15, -0.1) is 0 Å². The Morgan fingerprint density at radius 3 is 2.54 bits per heavy atom. The van der Waals surface area contributed by atoms with Gasteiger partial charge in [0.25, 0.3) is 0 Å². The third-order valence-electron chi connectivity index (χ3n) is 3.36. The van der Waals surface area contributed by atoms with E-state index in [1.807, 2.05) is 0 Å². The first-order valence-electron chi connectivity index (χ1n) is 7.63. The highest BCUT2D eigenvalue weighted by Gasteiger charge is 2.37. The van der Waals surface area contributed by atoms with Gasteiger partial charge in [-0.3, -0.25) is 9.48 Å². The first kappa shape index (κ1) is 22.2. The Kier molecular flexibility index (Phi) is 6.75. The van der Waals surface area contributed by atoms with Crippen molar-refractivity contribution in [1.29, 1.82) is 0 Å². The number of aryl methyl sites for hydroxylation is 1. The smallest absolute Gasteiger partial charge is 0.350 e. The fourth-order valence-electron chi connectivity index (χ4n) is 2.11. The summed E-state index contributed by atoms with van der Waals surface area (Å²) in [5.74, 6) is -0.532. The van der Waals surface area contributed by atoms with Gasteiger partial charge in [0, 0.05) is 6.42 Å². The van der Waals surface area contributed by atoms with Crippen molar-refractivity contribution in [3.8, 4) is 0 Å². The van der Waals surface area contributed by atoms with Crippen molar-refractivity contribution in [2.45, 2.75) is 39.0 Å². The van der Waals surface area contributed by atoms with E-state index in [0.717, 1.165) is 9.36 Å². The van der Waals surface area contributed by atoms with Gasteiger partial charge in [0.2, 0.25) is 5.91 Å². The van der Waals surface area contributed by atoms with Crippen LogP contribution in [0.2, 0.25) is 0 Å². The number of anilines is 1. The summed E-state index contributed by atoms with van der Waals surface area (Å²) in [7, 11) is 0. The molecule has 2 aromatic heterocycles. The van der Waals surface area contributed by atoms with E-state index in [-0.39, 0.29) is 28.8 Å². The van der Waals surface area contributed by atoms with Crippen LogP contribution in [0, 0.1) is 6.92 Å². The largest absolute Gasteiger partial charge is 0.436 e. The molecule has 0 radical (unpaired) electrons. The molecule has 0 aromatic carbocycles. The van der Waals surface area contributed by atoms with Gasteiger partial charge in [-0.1, -0.05) is 0 Å². The number of ether oxygens (including phenoxy) is 1. The topological polar surface area (TPSA) is 74.0 Å². The normalized spacial score (nSPS) is 12.4. The van der Waals surface area contributed by atoms with Gasteiger partial charge in [-0.2, -0.15) is 36.5 Å². The number of halogens is 7. The molecule has 0 fully saturated rings. The summed E-state index contributed by atoms with van der Waals surface area (Å²) in [6, 6.07) is 0. The minimum absolute atomic E-state index is 0.102. The quantitative estimate of drug-likeness (QED) is 0.616. The van der Waals surface area contributed by atoms with Crippen LogP contribution in [-0.4, -0.2) is 38.3 Å². The molecule has 0 atom stereocenters. The summed E-state index contributed by atoms with van der Waals surface area (Å²) in [6.45, 7) is -0.576. The van der Waals surface area contributed by atoms with E-state index in [4.69, 9.17) is 0 Å². The fraction of sp³-hybridized carbons (Fsp3) is 0.500. The molecule has 0 aliphatic rings. The third kappa shape index (κ3) is 6.22. The molecule has 0 bridgehead atoms. The molecule has 7 nitrogen and oxygen atoms in total. The van der Waals surface area contributed by atoms with Gasteiger partial charge >= 0.3 is 12.4 Å². The molecule has 1 N–H and O–H groups in total.